The fourth-order valence-electron chi connectivity index (χ4n) is 1.11. The van der Waals surface area contributed by atoms with Crippen molar-refractivity contribution < 1.29 is 6.48 Å². The Morgan fingerprint density at radius 2 is 1.94 bits per heavy atom. The zero-order chi connectivity index (χ0) is 13.7. The smallest absolute Gasteiger partial charge is 0.0802 e. The Hall–Kier alpha value is -0.820. The van der Waals surface area contributed by atoms with Gasteiger partial charge in [-0.15, -0.1) is 6.58 Å². The van der Waals surface area contributed by atoms with Crippen LogP contribution in [-0.4, -0.2) is 10.7 Å². The number of rotatable bonds is 6. The van der Waals surface area contributed by atoms with Gasteiger partial charge in [0.15, 0.2) is 0 Å². The lowest BCUT2D eigenvalue weighted by molar-refractivity contribution is 0.102. The van der Waals surface area contributed by atoms with Gasteiger partial charge >= 0.3 is 0 Å². The lowest BCUT2D eigenvalue weighted by Crippen LogP contribution is -2.21. The van der Waals surface area contributed by atoms with Gasteiger partial charge < -0.3 is 5.11 Å². The van der Waals surface area contributed by atoms with E-state index in [2.05, 4.69) is 12.7 Å². The molecule has 0 aromatic carbocycles. The van der Waals surface area contributed by atoms with Crippen molar-refractivity contribution >= 4 is 0 Å². The summed E-state index contributed by atoms with van der Waals surface area (Å²) < 4.78 is 7.96. The minimum Gasteiger partial charge on any atom is -0.386 e. The molecule has 0 fully saturated rings. The lowest BCUT2D eigenvalue weighted by atomic mass is 9.89. The highest BCUT2D eigenvalue weighted by Crippen LogP contribution is 2.22. The van der Waals surface area contributed by atoms with E-state index >= 15 is 0 Å². The molecular weight excluding hydrogens is 196 g/mol. The number of aliphatic hydroxyl groups is 1. The van der Waals surface area contributed by atoms with Crippen molar-refractivity contribution in [3.05, 3.63) is 36.4 Å². The van der Waals surface area contributed by atoms with Gasteiger partial charge in [0, 0.05) is 5.41 Å². The Morgan fingerprint density at radius 1 is 1.38 bits per heavy atom. The van der Waals surface area contributed by atoms with Crippen molar-refractivity contribution in [3.63, 3.8) is 0 Å². The minimum atomic E-state index is -1.06. The van der Waals surface area contributed by atoms with Gasteiger partial charge in [0.1, 0.15) is 0 Å². The van der Waals surface area contributed by atoms with Crippen molar-refractivity contribution in [3.8, 4) is 0 Å². The fourth-order valence-corrected chi connectivity index (χ4v) is 1.11. The monoisotopic (exact) mass is 223 g/mol. The van der Waals surface area contributed by atoms with E-state index in [0.717, 1.165) is 6.42 Å². The molecule has 0 aromatic heterocycles. The van der Waals surface area contributed by atoms with Crippen LogP contribution in [0.4, 0.5) is 0 Å². The molecule has 0 aliphatic heterocycles. The molecule has 1 heteroatoms. The predicted octanol–water partition coefficient (Wildman–Crippen LogP) is 4.25. The molecule has 0 saturated heterocycles. The molecule has 0 aliphatic rings. The maximum atomic E-state index is 10.2. The number of hydrogen-bond donors (Lipinski definition) is 1. The molecule has 0 rings (SSSR count). The van der Waals surface area contributed by atoms with Gasteiger partial charge in [-0.1, -0.05) is 43.7 Å². The molecular formula is C15H26O. The first-order chi connectivity index (χ1) is 7.60. The molecule has 16 heavy (non-hydrogen) atoms. The van der Waals surface area contributed by atoms with Crippen LogP contribution in [0, 0.1) is 5.41 Å². The summed E-state index contributed by atoms with van der Waals surface area (Å²) in [6.45, 7) is 13.4. The van der Waals surface area contributed by atoms with E-state index in [9.17, 15) is 5.11 Å². The van der Waals surface area contributed by atoms with Crippen LogP contribution in [-0.2, 0) is 0 Å². The molecule has 0 heterocycles. The molecule has 1 atom stereocenters. The minimum absolute atomic E-state index is 0.252. The van der Waals surface area contributed by atoms with Gasteiger partial charge in [0.2, 0.25) is 0 Å². The largest absolute Gasteiger partial charge is 0.386 e. The number of allylic oxidation sites excluding steroid dienone is 4. The molecule has 1 N–H and O–H groups in total. The summed E-state index contributed by atoms with van der Waals surface area (Å²) in [6.07, 6.45) is 7.00. The Morgan fingerprint density at radius 3 is 2.38 bits per heavy atom. The third kappa shape index (κ3) is 7.47. The van der Waals surface area contributed by atoms with E-state index < -0.39 is 5.60 Å². The quantitative estimate of drug-likeness (QED) is 0.667. The molecule has 92 valence electrons. The molecule has 1 nitrogen and oxygen atoms in total. The Balaban J connectivity index is 4.70. The van der Waals surface area contributed by atoms with Crippen LogP contribution in [0.1, 0.15) is 48.8 Å². The standard InChI is InChI=1S/C15H26O/c1-7-14(4,5)11-12-15(6,16)10-8-9-13(2)3/h7,9,11-12,16H,1,8,10H2,2-6H3/b12-11+/i12D. The first-order valence-electron chi connectivity index (χ1n) is 6.30. The molecule has 0 spiro atoms. The Labute approximate surface area is 102 Å². The van der Waals surface area contributed by atoms with E-state index in [-0.39, 0.29) is 11.5 Å². The third-order valence-corrected chi connectivity index (χ3v) is 2.46. The summed E-state index contributed by atoms with van der Waals surface area (Å²) >= 11 is 0. The van der Waals surface area contributed by atoms with Crippen LogP contribution in [0.5, 0.6) is 0 Å². The van der Waals surface area contributed by atoms with Crippen molar-refractivity contribution in [1.82, 2.24) is 0 Å². The van der Waals surface area contributed by atoms with Gasteiger partial charge in [-0.3, -0.25) is 0 Å². The van der Waals surface area contributed by atoms with Gasteiger partial charge in [-0.05, 0) is 33.6 Å². The van der Waals surface area contributed by atoms with Crippen LogP contribution in [0.3, 0.4) is 0 Å². The molecule has 0 aliphatic carbocycles. The van der Waals surface area contributed by atoms with E-state index in [1.807, 2.05) is 27.7 Å². The maximum absolute atomic E-state index is 10.2. The Kier molecular flexibility index (Phi) is 5.01. The summed E-state index contributed by atoms with van der Waals surface area (Å²) in [5, 5.41) is 10.2. The van der Waals surface area contributed by atoms with Crippen molar-refractivity contribution in [1.29, 1.82) is 0 Å². The lowest BCUT2D eigenvalue weighted by Gasteiger charge is -2.21. The van der Waals surface area contributed by atoms with Crippen LogP contribution in [0.2, 0.25) is 0 Å². The van der Waals surface area contributed by atoms with E-state index in [4.69, 9.17) is 1.37 Å². The summed E-state index contributed by atoms with van der Waals surface area (Å²) in [7, 11) is 0. The number of hydrogen-bond acceptors (Lipinski definition) is 1. The van der Waals surface area contributed by atoms with Gasteiger partial charge in [-0.25, -0.2) is 0 Å². The Bertz CT molecular complexity index is 318. The van der Waals surface area contributed by atoms with Crippen molar-refractivity contribution in [2.75, 3.05) is 0 Å². The molecule has 0 saturated carbocycles. The second-order valence-electron chi connectivity index (χ2n) is 5.41. The average molecular weight is 223 g/mol. The molecule has 0 radical (unpaired) electrons. The van der Waals surface area contributed by atoms with Crippen LogP contribution < -0.4 is 0 Å². The first kappa shape index (κ1) is 13.2. The third-order valence-electron chi connectivity index (χ3n) is 2.46. The summed E-state index contributed by atoms with van der Waals surface area (Å²) in [5.41, 5.74) is -0.0770. The van der Waals surface area contributed by atoms with Crippen molar-refractivity contribution in [2.24, 2.45) is 5.41 Å². The molecule has 1 unspecified atom stereocenters. The fraction of sp³-hybridized carbons (Fsp3) is 0.600. The van der Waals surface area contributed by atoms with E-state index in [1.54, 1.807) is 19.1 Å². The summed E-state index contributed by atoms with van der Waals surface area (Å²) in [6, 6.07) is 0.268. The highest BCUT2D eigenvalue weighted by atomic mass is 16.3. The second kappa shape index (κ2) is 6.05. The molecule has 0 aromatic rings. The zero-order valence-electron chi connectivity index (χ0n) is 12.3. The second-order valence-corrected chi connectivity index (χ2v) is 5.41. The van der Waals surface area contributed by atoms with Crippen LogP contribution in [0.15, 0.2) is 36.4 Å². The van der Waals surface area contributed by atoms with E-state index in [0.29, 0.717) is 6.42 Å². The summed E-state index contributed by atoms with van der Waals surface area (Å²) in [5.74, 6) is 0. The first-order valence-corrected chi connectivity index (χ1v) is 5.80. The maximum Gasteiger partial charge on any atom is 0.0802 e. The highest BCUT2D eigenvalue weighted by Gasteiger charge is 2.17. The zero-order valence-corrected chi connectivity index (χ0v) is 11.3. The molecule has 0 amide bonds. The van der Waals surface area contributed by atoms with Crippen molar-refractivity contribution in [2.45, 2.75) is 53.1 Å². The molecule has 0 bridgehead atoms. The normalized spacial score (nSPS) is 17.4. The SMILES string of the molecule is [2H]/C(=C\C(C)(C)C=C)C(C)(O)CCC=C(C)C. The van der Waals surface area contributed by atoms with Gasteiger partial charge in [0.05, 0.1) is 6.97 Å². The van der Waals surface area contributed by atoms with Crippen LogP contribution >= 0.6 is 0 Å². The van der Waals surface area contributed by atoms with Gasteiger partial charge in [-0.2, -0.15) is 0 Å². The topological polar surface area (TPSA) is 20.2 Å². The predicted molar refractivity (Wildman–Crippen MR) is 72.4 cm³/mol. The highest BCUT2D eigenvalue weighted by molar-refractivity contribution is 5.10. The van der Waals surface area contributed by atoms with Gasteiger partial charge in [0.25, 0.3) is 0 Å². The summed E-state index contributed by atoms with van der Waals surface area (Å²) in [4.78, 5) is 0. The average Bonchev–Trinajstić information content (AvgIpc) is 2.16. The van der Waals surface area contributed by atoms with Crippen LogP contribution in [0.25, 0.3) is 0 Å². The van der Waals surface area contributed by atoms with E-state index in [1.165, 1.54) is 5.57 Å².